The summed E-state index contributed by atoms with van der Waals surface area (Å²) in [6, 6.07) is 70.8. The van der Waals surface area contributed by atoms with Crippen LogP contribution < -0.4 is 17.2 Å². The van der Waals surface area contributed by atoms with E-state index in [0.717, 1.165) is 78.1 Å². The fraction of sp³-hybridized carbons (Fsp3) is 0.515. The van der Waals surface area contributed by atoms with E-state index in [2.05, 4.69) is 145 Å². The van der Waals surface area contributed by atoms with Crippen molar-refractivity contribution in [3.63, 3.8) is 0 Å². The number of benzene rings is 10. The minimum absolute atomic E-state index is 0. The van der Waals surface area contributed by atoms with Gasteiger partial charge in [0, 0.05) is 29.8 Å². The zero-order chi connectivity index (χ0) is 86.6. The van der Waals surface area contributed by atoms with Gasteiger partial charge in [-0.15, -0.1) is 0 Å². The quantitative estimate of drug-likeness (QED) is 0.0281. The summed E-state index contributed by atoms with van der Waals surface area (Å²) in [6.07, 6.45) is -12.0. The maximum Gasteiger partial charge on any atom is 0.176 e. The van der Waals surface area contributed by atoms with Gasteiger partial charge in [-0.1, -0.05) is 313 Å². The number of fused-ring (bicyclic) bond motifs is 5. The van der Waals surface area contributed by atoms with Crippen molar-refractivity contribution in [2.45, 2.75) is 289 Å². The van der Waals surface area contributed by atoms with Gasteiger partial charge in [-0.05, 0) is 143 Å². The lowest BCUT2D eigenvalue weighted by atomic mass is 9.77. The molecule has 10 aromatic carbocycles. The molecule has 0 amide bonds. The topological polar surface area (TPSA) is 332 Å². The van der Waals surface area contributed by atoms with Crippen LogP contribution in [0.25, 0.3) is 53.9 Å². The second-order valence-corrected chi connectivity index (χ2v) is 35.4. The molecule has 3 aliphatic carbocycles. The van der Waals surface area contributed by atoms with Gasteiger partial charge >= 0.3 is 0 Å². The Bertz CT molecular complexity index is 4700. The summed E-state index contributed by atoms with van der Waals surface area (Å²) in [5, 5.41) is 98.7. The van der Waals surface area contributed by atoms with Crippen LogP contribution in [0.4, 0.5) is 0 Å². The van der Waals surface area contributed by atoms with E-state index in [0.29, 0.717) is 39.1 Å². The Kier molecular flexibility index (Phi) is 37.4. The van der Waals surface area contributed by atoms with E-state index in [-0.39, 0.29) is 77.0 Å². The van der Waals surface area contributed by atoms with E-state index >= 15 is 0 Å². The standard InChI is InChI=1S/C38H46O6.C35H43N3O6.C16H30O6.C11H9Br.3CH4/c1-5-32-33(39)37(42-22-29-17-11-15-27-13-7-9-19-31(27)29)25(4)38(43-32)44-36-24(3)20-23(2)35(34(36)40)41-21-28-16-10-14-26-12-6-8-18-30(26)28;1-20-16-27(37)33(31(40)32(20)41-18-23-12-6-10-21-8-2-4-14-25(21)23)44-35-29(38)34(30(39)28(17-36)43-35)42-19-24-13-7-11-22-9-3-5-15-26(22)24;1-5-10-13(19)12(18)9(4)16(21-10)22-15-8(3)6-7(2)11(17)14(15)20;12-8-10-6-3-5-9-4-1-2-7-11(9)10;;;/h6-19,23-25,32-40H,5,20-22H2,1-4H3;2-15,20,27-35,39-40H,16-19,36-38H2,1H3;7-20H,5-6H2,1-4H3;1-7H,8H2;3*1H4. The molecule has 125 heavy (non-hydrogen) atoms. The normalized spacial score (nSPS) is 33.4. The Morgan fingerprint density at radius 3 is 1.04 bits per heavy atom. The predicted octanol–water partition coefficient (Wildman–Crippen LogP) is 15.9. The molecule has 682 valence electrons. The highest BCUT2D eigenvalue weighted by Crippen LogP contribution is 2.42. The van der Waals surface area contributed by atoms with Gasteiger partial charge in [0.05, 0.1) is 87.4 Å². The van der Waals surface area contributed by atoms with E-state index in [1.165, 1.54) is 21.7 Å². The zero-order valence-electron chi connectivity index (χ0n) is 71.6. The molecule has 3 saturated carbocycles. The molecule has 10 aromatic rings. The lowest BCUT2D eigenvalue weighted by Gasteiger charge is -2.48. The molecule has 0 radical (unpaired) electrons. The molecule has 0 spiro atoms. The van der Waals surface area contributed by atoms with Crippen LogP contribution in [0.1, 0.15) is 145 Å². The van der Waals surface area contributed by atoms with Gasteiger partial charge in [0.15, 0.2) is 18.9 Å². The van der Waals surface area contributed by atoms with Crippen molar-refractivity contribution < 1.29 is 88.2 Å². The van der Waals surface area contributed by atoms with Crippen LogP contribution in [0, 0.1) is 41.4 Å². The van der Waals surface area contributed by atoms with Gasteiger partial charge in [-0.25, -0.2) is 0 Å². The minimum Gasteiger partial charge on any atom is -0.390 e. The molecule has 6 aliphatic rings. The highest BCUT2D eigenvalue weighted by atomic mass is 79.9. The fourth-order valence-corrected chi connectivity index (χ4v) is 19.7. The number of ether oxygens (including phenoxy) is 10. The van der Waals surface area contributed by atoms with E-state index in [9.17, 15) is 40.9 Å². The van der Waals surface area contributed by atoms with Gasteiger partial charge in [-0.2, -0.15) is 0 Å². The van der Waals surface area contributed by atoms with Crippen LogP contribution in [0.2, 0.25) is 0 Å². The Morgan fingerprint density at radius 2 is 0.624 bits per heavy atom. The molecule has 3 saturated heterocycles. The number of aliphatic hydroxyl groups excluding tert-OH is 8. The number of alkyl halides is 1. The van der Waals surface area contributed by atoms with Crippen LogP contribution in [0.5, 0.6) is 0 Å². The van der Waals surface area contributed by atoms with Gasteiger partial charge in [0.25, 0.3) is 0 Å². The molecule has 14 N–H and O–H groups in total. The van der Waals surface area contributed by atoms with E-state index < -0.39 is 141 Å². The largest absolute Gasteiger partial charge is 0.390 e. The van der Waals surface area contributed by atoms with Crippen LogP contribution >= 0.6 is 15.9 Å². The van der Waals surface area contributed by atoms with Crippen molar-refractivity contribution in [1.29, 1.82) is 0 Å². The van der Waals surface area contributed by atoms with Crippen LogP contribution in [-0.2, 0) is 79.1 Å². The number of hydrogen-bond acceptors (Lipinski definition) is 21. The third kappa shape index (κ3) is 23.3. The third-order valence-electron chi connectivity index (χ3n) is 26.3. The van der Waals surface area contributed by atoms with E-state index in [4.69, 9.17) is 64.6 Å². The molecule has 0 aromatic heterocycles. The molecule has 22 heteroatoms. The third-order valence-corrected chi connectivity index (χ3v) is 26.9. The van der Waals surface area contributed by atoms with E-state index in [1.807, 2.05) is 139 Å². The summed E-state index contributed by atoms with van der Waals surface area (Å²) in [4.78, 5) is 0. The second kappa shape index (κ2) is 46.6. The summed E-state index contributed by atoms with van der Waals surface area (Å²) in [6.45, 7) is 19.2. The molecule has 0 bridgehead atoms. The van der Waals surface area contributed by atoms with Crippen molar-refractivity contribution in [2.75, 3.05) is 6.54 Å². The lowest BCUT2D eigenvalue weighted by Crippen LogP contribution is -2.66. The molecular formula is C103H140BrN3O18. The number of hydrogen-bond donors (Lipinski definition) is 11. The van der Waals surface area contributed by atoms with Crippen molar-refractivity contribution in [3.8, 4) is 0 Å². The Balaban J connectivity index is 0.000000189. The van der Waals surface area contributed by atoms with Gasteiger partial charge < -0.3 is 105 Å². The Morgan fingerprint density at radius 1 is 0.312 bits per heavy atom. The number of rotatable bonds is 22. The molecule has 3 heterocycles. The molecule has 6 fully saturated rings. The lowest BCUT2D eigenvalue weighted by molar-refractivity contribution is -0.317. The predicted molar refractivity (Wildman–Crippen MR) is 499 cm³/mol. The number of aliphatic hydroxyl groups is 8. The van der Waals surface area contributed by atoms with Gasteiger partial charge in [0.2, 0.25) is 0 Å². The minimum atomic E-state index is -1.06. The SMILES string of the molecule is BrCc1cccc2ccccc12.C.C.C.CC1CC(N)C(OC2OC(CN)C(O)C(OCc3cccc4ccccc34)C2N)C(O)C1OCc1cccc2ccccc12.CCC1OC(OC2C(C)CC(C)C(O)C2O)C(C)C(O)C1O.CCC1OC(OC2C(C)CC(C)C(OCc3cccc4ccccc34)C2O)C(C)C(OCc2cccc3ccccc23)C1O. The highest BCUT2D eigenvalue weighted by Gasteiger charge is 2.52. The Labute approximate surface area is 748 Å². The molecule has 16 rings (SSSR count). The second-order valence-electron chi connectivity index (χ2n) is 34.9. The summed E-state index contributed by atoms with van der Waals surface area (Å²) in [5.74, 6) is -0.299. The first-order chi connectivity index (χ1) is 58.9. The summed E-state index contributed by atoms with van der Waals surface area (Å²) < 4.78 is 62.7. The van der Waals surface area contributed by atoms with Crippen LogP contribution in [-0.4, -0.2) is 188 Å². The number of nitrogens with two attached hydrogens (primary N) is 3. The van der Waals surface area contributed by atoms with E-state index in [1.54, 1.807) is 6.92 Å². The highest BCUT2D eigenvalue weighted by molar-refractivity contribution is 9.08. The molecule has 30 unspecified atom stereocenters. The smallest absolute Gasteiger partial charge is 0.176 e. The molecule has 21 nitrogen and oxygen atoms in total. The molecular weight excluding hydrogens is 1650 g/mol. The molecule has 3 aliphatic heterocycles. The van der Waals surface area contributed by atoms with Crippen molar-refractivity contribution in [2.24, 2.45) is 58.6 Å². The zero-order valence-corrected chi connectivity index (χ0v) is 73.2. The average molecular weight is 1790 g/mol. The number of halogens is 1. The first kappa shape index (κ1) is 100. The van der Waals surface area contributed by atoms with Crippen molar-refractivity contribution >= 4 is 69.8 Å². The van der Waals surface area contributed by atoms with Crippen LogP contribution in [0.3, 0.4) is 0 Å². The average Bonchev–Trinajstić information content (AvgIpc) is 0.785. The summed E-state index contributed by atoms with van der Waals surface area (Å²) >= 11 is 3.48. The first-order valence-corrected chi connectivity index (χ1v) is 45.0. The fourth-order valence-electron chi connectivity index (χ4n) is 19.2. The monoisotopic (exact) mass is 1790 g/mol. The first-order valence-electron chi connectivity index (χ1n) is 43.8. The summed E-state index contributed by atoms with van der Waals surface area (Å²) in [5.41, 5.74) is 24.7. The van der Waals surface area contributed by atoms with Gasteiger partial charge in [0.1, 0.15) is 54.9 Å². The van der Waals surface area contributed by atoms with Crippen LogP contribution in [0.15, 0.2) is 212 Å². The van der Waals surface area contributed by atoms with Gasteiger partial charge in [-0.3, -0.25) is 0 Å². The Hall–Kier alpha value is -6.86. The maximum atomic E-state index is 11.7. The molecule has 30 atom stereocenters. The van der Waals surface area contributed by atoms with Crippen molar-refractivity contribution in [3.05, 3.63) is 240 Å². The summed E-state index contributed by atoms with van der Waals surface area (Å²) in [7, 11) is 0. The van der Waals surface area contributed by atoms with Crippen molar-refractivity contribution in [1.82, 2.24) is 0 Å². The maximum absolute atomic E-state index is 11.7.